The number of hydrogen-bond donors (Lipinski definition) is 1. The number of piperazine rings is 1. The molecular weight excluding hydrogens is 338 g/mol. The molecule has 0 saturated carbocycles. The summed E-state index contributed by atoms with van der Waals surface area (Å²) < 4.78 is 1.76. The number of aryl methyl sites for hydroxylation is 1. The Labute approximate surface area is 161 Å². The van der Waals surface area contributed by atoms with Crippen molar-refractivity contribution in [3.05, 3.63) is 65.1 Å². The summed E-state index contributed by atoms with van der Waals surface area (Å²) in [5, 5.41) is 3.46. The summed E-state index contributed by atoms with van der Waals surface area (Å²) in [7, 11) is 1.84. The Morgan fingerprint density at radius 3 is 2.44 bits per heavy atom. The molecule has 0 unspecified atom stereocenters. The molecule has 1 N–H and O–H groups in total. The fourth-order valence-corrected chi connectivity index (χ4v) is 3.40. The summed E-state index contributed by atoms with van der Waals surface area (Å²) in [6.45, 7) is 5.56. The van der Waals surface area contributed by atoms with E-state index in [4.69, 9.17) is 0 Å². The zero-order valence-electron chi connectivity index (χ0n) is 16.1. The quantitative estimate of drug-likeness (QED) is 0.482. The van der Waals surface area contributed by atoms with Crippen LogP contribution in [0.1, 0.15) is 12.8 Å². The molecule has 0 bridgehead atoms. The molecule has 6 heteroatoms. The molecular formula is C21H29N5O. The largest absolute Gasteiger partial charge is 0.368 e. The van der Waals surface area contributed by atoms with Gasteiger partial charge in [0, 0.05) is 64.3 Å². The topological polar surface area (TPSA) is 52.9 Å². The van der Waals surface area contributed by atoms with Crippen molar-refractivity contribution < 1.29 is 0 Å². The Kier molecular flexibility index (Phi) is 6.90. The van der Waals surface area contributed by atoms with Gasteiger partial charge in [0.05, 0.1) is 0 Å². The number of unbranched alkanes of at least 4 members (excludes halogenated alkanes) is 1. The predicted molar refractivity (Wildman–Crippen MR) is 112 cm³/mol. The highest BCUT2D eigenvalue weighted by Gasteiger charge is 2.19. The van der Waals surface area contributed by atoms with Gasteiger partial charge in [-0.1, -0.05) is 24.3 Å². The smallest absolute Gasteiger partial charge is 0.250 e. The standard InChI is InChI=1S/C21H29N5O/c1-22-21(23-12-6-8-14-25-13-7-5-11-20(25)27)26-17-15-24(16-18-26)19-9-3-2-4-10-19/h2-5,7,9-11,13H,6,8,12,14-18H2,1H3,(H,22,23). The van der Waals surface area contributed by atoms with Crippen LogP contribution >= 0.6 is 0 Å². The van der Waals surface area contributed by atoms with Crippen molar-refractivity contribution in [3.63, 3.8) is 0 Å². The number of nitrogens with zero attached hydrogens (tertiary/aromatic N) is 4. The van der Waals surface area contributed by atoms with Crippen LogP contribution in [0.4, 0.5) is 5.69 Å². The lowest BCUT2D eigenvalue weighted by atomic mass is 10.2. The van der Waals surface area contributed by atoms with E-state index in [-0.39, 0.29) is 5.56 Å². The summed E-state index contributed by atoms with van der Waals surface area (Å²) in [6.07, 6.45) is 3.82. The van der Waals surface area contributed by atoms with Crippen LogP contribution in [0.2, 0.25) is 0 Å². The fourth-order valence-electron chi connectivity index (χ4n) is 3.40. The number of rotatable bonds is 6. The molecule has 1 fully saturated rings. The van der Waals surface area contributed by atoms with Gasteiger partial charge in [-0.15, -0.1) is 0 Å². The molecule has 1 aliphatic rings. The SMILES string of the molecule is CN=C(NCCCCn1ccccc1=O)N1CCN(c2ccccc2)CC1. The van der Waals surface area contributed by atoms with Crippen molar-refractivity contribution >= 4 is 11.6 Å². The Balaban J connectivity index is 1.38. The average molecular weight is 367 g/mol. The molecule has 1 saturated heterocycles. The van der Waals surface area contributed by atoms with Gasteiger partial charge in [-0.3, -0.25) is 9.79 Å². The van der Waals surface area contributed by atoms with E-state index in [9.17, 15) is 4.79 Å². The molecule has 2 aromatic rings. The van der Waals surface area contributed by atoms with E-state index in [2.05, 4.69) is 50.4 Å². The molecule has 144 valence electrons. The lowest BCUT2D eigenvalue weighted by molar-refractivity contribution is 0.372. The molecule has 2 heterocycles. The third kappa shape index (κ3) is 5.36. The maximum Gasteiger partial charge on any atom is 0.250 e. The number of aliphatic imine (C=N–C) groups is 1. The van der Waals surface area contributed by atoms with Crippen LogP contribution < -0.4 is 15.8 Å². The van der Waals surface area contributed by atoms with Crippen molar-refractivity contribution in [1.82, 2.24) is 14.8 Å². The van der Waals surface area contributed by atoms with E-state index in [0.29, 0.717) is 0 Å². The molecule has 1 aromatic carbocycles. The Hall–Kier alpha value is -2.76. The van der Waals surface area contributed by atoms with Gasteiger partial charge < -0.3 is 19.7 Å². The highest BCUT2D eigenvalue weighted by atomic mass is 16.1. The lowest BCUT2D eigenvalue weighted by Gasteiger charge is -2.37. The van der Waals surface area contributed by atoms with Crippen LogP contribution in [0.25, 0.3) is 0 Å². The third-order valence-corrected chi connectivity index (χ3v) is 4.92. The van der Waals surface area contributed by atoms with Crippen LogP contribution in [0.3, 0.4) is 0 Å². The highest BCUT2D eigenvalue weighted by Crippen LogP contribution is 2.15. The minimum absolute atomic E-state index is 0.0672. The van der Waals surface area contributed by atoms with Crippen LogP contribution in [0.5, 0.6) is 0 Å². The van der Waals surface area contributed by atoms with Crippen molar-refractivity contribution in [3.8, 4) is 0 Å². The first-order valence-corrected chi connectivity index (χ1v) is 9.69. The molecule has 27 heavy (non-hydrogen) atoms. The summed E-state index contributed by atoms with van der Waals surface area (Å²) in [4.78, 5) is 20.9. The minimum Gasteiger partial charge on any atom is -0.368 e. The van der Waals surface area contributed by atoms with Crippen molar-refractivity contribution in [1.29, 1.82) is 0 Å². The van der Waals surface area contributed by atoms with Crippen LogP contribution in [0, 0.1) is 0 Å². The second-order valence-corrected chi connectivity index (χ2v) is 6.72. The predicted octanol–water partition coefficient (Wildman–Crippen LogP) is 2.03. The summed E-state index contributed by atoms with van der Waals surface area (Å²) in [5.74, 6) is 0.972. The zero-order chi connectivity index (χ0) is 18.9. The second-order valence-electron chi connectivity index (χ2n) is 6.72. The van der Waals surface area contributed by atoms with E-state index in [1.165, 1.54) is 5.69 Å². The Bertz CT molecular complexity index is 778. The van der Waals surface area contributed by atoms with E-state index in [1.807, 2.05) is 19.3 Å². The van der Waals surface area contributed by atoms with Crippen molar-refractivity contribution in [2.24, 2.45) is 4.99 Å². The second kappa shape index (κ2) is 9.80. The number of aromatic nitrogens is 1. The zero-order valence-corrected chi connectivity index (χ0v) is 16.1. The van der Waals surface area contributed by atoms with Crippen molar-refractivity contribution in [2.45, 2.75) is 19.4 Å². The van der Waals surface area contributed by atoms with Gasteiger partial charge in [-0.25, -0.2) is 0 Å². The lowest BCUT2D eigenvalue weighted by Crippen LogP contribution is -2.52. The first kappa shape index (κ1) is 19.0. The average Bonchev–Trinajstić information content (AvgIpc) is 2.73. The number of guanidine groups is 1. The third-order valence-electron chi connectivity index (χ3n) is 4.92. The number of benzene rings is 1. The molecule has 3 rings (SSSR count). The fraction of sp³-hybridized carbons (Fsp3) is 0.429. The van der Waals surface area contributed by atoms with Crippen LogP contribution in [-0.2, 0) is 6.54 Å². The highest BCUT2D eigenvalue weighted by molar-refractivity contribution is 5.80. The molecule has 0 radical (unpaired) electrons. The van der Waals surface area contributed by atoms with E-state index in [1.54, 1.807) is 16.7 Å². The monoisotopic (exact) mass is 367 g/mol. The van der Waals surface area contributed by atoms with Gasteiger partial charge in [-0.05, 0) is 31.0 Å². The maximum atomic E-state index is 11.7. The molecule has 0 amide bonds. The minimum atomic E-state index is 0.0672. The van der Waals surface area contributed by atoms with Gasteiger partial charge in [0.1, 0.15) is 0 Å². The van der Waals surface area contributed by atoms with E-state index < -0.39 is 0 Å². The molecule has 1 aliphatic heterocycles. The first-order valence-electron chi connectivity index (χ1n) is 9.69. The number of nitrogens with one attached hydrogen (secondary N) is 1. The Morgan fingerprint density at radius 1 is 1.00 bits per heavy atom. The Morgan fingerprint density at radius 2 is 1.74 bits per heavy atom. The van der Waals surface area contributed by atoms with Gasteiger partial charge in [0.25, 0.3) is 0 Å². The van der Waals surface area contributed by atoms with Gasteiger partial charge >= 0.3 is 0 Å². The van der Waals surface area contributed by atoms with E-state index >= 15 is 0 Å². The molecule has 6 nitrogen and oxygen atoms in total. The van der Waals surface area contributed by atoms with Gasteiger partial charge in [0.15, 0.2) is 5.96 Å². The normalized spacial score (nSPS) is 15.1. The number of pyridine rings is 1. The molecule has 0 atom stereocenters. The van der Waals surface area contributed by atoms with E-state index in [0.717, 1.165) is 58.1 Å². The van der Waals surface area contributed by atoms with Gasteiger partial charge in [0.2, 0.25) is 5.56 Å². The summed E-state index contributed by atoms with van der Waals surface area (Å²) in [5.41, 5.74) is 1.36. The van der Waals surface area contributed by atoms with Gasteiger partial charge in [-0.2, -0.15) is 0 Å². The van der Waals surface area contributed by atoms with Crippen molar-refractivity contribution in [2.75, 3.05) is 44.7 Å². The maximum absolute atomic E-state index is 11.7. The molecule has 0 aliphatic carbocycles. The van der Waals surface area contributed by atoms with Crippen LogP contribution in [0.15, 0.2) is 64.5 Å². The summed E-state index contributed by atoms with van der Waals surface area (Å²) >= 11 is 0. The summed E-state index contributed by atoms with van der Waals surface area (Å²) in [6, 6.07) is 15.9. The van der Waals surface area contributed by atoms with Crippen LogP contribution in [-0.4, -0.2) is 55.2 Å². The number of hydrogen-bond acceptors (Lipinski definition) is 3. The molecule has 0 spiro atoms. The number of anilines is 1. The molecule has 1 aromatic heterocycles. The number of para-hydroxylation sites is 1. The first-order chi connectivity index (χ1) is 13.3.